The summed E-state index contributed by atoms with van der Waals surface area (Å²) in [7, 11) is 0. The first-order valence-electron chi connectivity index (χ1n) is 4.68. The number of hydrogen-bond donors (Lipinski definition) is 1. The highest BCUT2D eigenvalue weighted by Crippen LogP contribution is 2.23. The van der Waals surface area contributed by atoms with Gasteiger partial charge in [-0.1, -0.05) is 11.6 Å². The van der Waals surface area contributed by atoms with E-state index in [1.54, 1.807) is 6.20 Å². The average molecular weight is 197 g/mol. The van der Waals surface area contributed by atoms with E-state index in [2.05, 4.69) is 16.4 Å². The van der Waals surface area contributed by atoms with Gasteiger partial charge in [-0.25, -0.2) is 4.98 Å². The molecule has 3 heteroatoms. The van der Waals surface area contributed by atoms with Gasteiger partial charge in [0.05, 0.1) is 0 Å². The Labute approximate surface area is 83.3 Å². The molecule has 0 saturated carbocycles. The van der Waals surface area contributed by atoms with Crippen LogP contribution in [0, 0.1) is 0 Å². The highest BCUT2D eigenvalue weighted by molar-refractivity contribution is 6.29. The van der Waals surface area contributed by atoms with E-state index in [0.717, 1.165) is 13.1 Å². The van der Waals surface area contributed by atoms with Crippen LogP contribution in [0.15, 0.2) is 18.3 Å². The molecule has 1 atom stereocenters. The summed E-state index contributed by atoms with van der Waals surface area (Å²) in [6.07, 6.45) is 4.30. The minimum absolute atomic E-state index is 0.600. The molecule has 1 aliphatic heterocycles. The lowest BCUT2D eigenvalue weighted by Crippen LogP contribution is -2.28. The van der Waals surface area contributed by atoms with Gasteiger partial charge in [0.1, 0.15) is 5.15 Å². The molecule has 1 saturated heterocycles. The molecule has 1 N–H and O–H groups in total. The van der Waals surface area contributed by atoms with Crippen molar-refractivity contribution < 1.29 is 0 Å². The third-order valence-corrected chi connectivity index (χ3v) is 2.73. The molecular weight excluding hydrogens is 184 g/mol. The van der Waals surface area contributed by atoms with E-state index in [4.69, 9.17) is 11.6 Å². The lowest BCUT2D eigenvalue weighted by molar-refractivity contribution is 0.461. The van der Waals surface area contributed by atoms with Gasteiger partial charge >= 0.3 is 0 Å². The summed E-state index contributed by atoms with van der Waals surface area (Å²) in [5.41, 5.74) is 1.31. The molecule has 70 valence electrons. The van der Waals surface area contributed by atoms with Crippen LogP contribution < -0.4 is 5.32 Å². The predicted octanol–water partition coefficient (Wildman–Crippen LogP) is 2.20. The molecule has 2 heterocycles. The van der Waals surface area contributed by atoms with Gasteiger partial charge in [-0.15, -0.1) is 0 Å². The summed E-state index contributed by atoms with van der Waals surface area (Å²) < 4.78 is 0. The molecule has 2 rings (SSSR count). The van der Waals surface area contributed by atoms with E-state index in [-0.39, 0.29) is 0 Å². The van der Waals surface area contributed by atoms with E-state index < -0.39 is 0 Å². The Morgan fingerprint density at radius 2 is 2.46 bits per heavy atom. The average Bonchev–Trinajstić information content (AvgIpc) is 2.19. The quantitative estimate of drug-likeness (QED) is 0.697. The summed E-state index contributed by atoms with van der Waals surface area (Å²) in [5, 5.41) is 3.99. The standard InChI is InChI=1S/C10H13ClN2/c11-10-6-8(3-5-13-10)9-2-1-4-12-7-9/h3,5-6,9,12H,1-2,4,7H2. The summed E-state index contributed by atoms with van der Waals surface area (Å²) in [5.74, 6) is 0.620. The Kier molecular flexibility index (Phi) is 2.81. The molecule has 0 aromatic carbocycles. The summed E-state index contributed by atoms with van der Waals surface area (Å²) in [4.78, 5) is 3.98. The van der Waals surface area contributed by atoms with Crippen LogP contribution >= 0.6 is 11.6 Å². The second kappa shape index (κ2) is 4.07. The van der Waals surface area contributed by atoms with Gasteiger partial charge in [-0.05, 0) is 43.0 Å². The van der Waals surface area contributed by atoms with Crippen LogP contribution in [-0.2, 0) is 0 Å². The zero-order valence-electron chi connectivity index (χ0n) is 7.46. The number of pyridine rings is 1. The zero-order valence-corrected chi connectivity index (χ0v) is 8.22. The fraction of sp³-hybridized carbons (Fsp3) is 0.500. The van der Waals surface area contributed by atoms with E-state index >= 15 is 0 Å². The predicted molar refractivity (Wildman–Crippen MR) is 54.1 cm³/mol. The van der Waals surface area contributed by atoms with Crippen LogP contribution in [0.3, 0.4) is 0 Å². The van der Waals surface area contributed by atoms with Gasteiger partial charge in [0.25, 0.3) is 0 Å². The number of nitrogens with zero attached hydrogens (tertiary/aromatic N) is 1. The Bertz CT molecular complexity index is 282. The molecule has 1 unspecified atom stereocenters. The second-order valence-electron chi connectivity index (χ2n) is 3.46. The van der Waals surface area contributed by atoms with Crippen molar-refractivity contribution in [3.8, 4) is 0 Å². The van der Waals surface area contributed by atoms with Crippen molar-refractivity contribution in [1.82, 2.24) is 10.3 Å². The Balaban J connectivity index is 2.14. The Hall–Kier alpha value is -0.600. The fourth-order valence-corrected chi connectivity index (χ4v) is 1.99. The van der Waals surface area contributed by atoms with Crippen molar-refractivity contribution in [3.05, 3.63) is 29.0 Å². The minimum atomic E-state index is 0.600. The molecule has 0 aliphatic carbocycles. The molecule has 0 bridgehead atoms. The van der Waals surface area contributed by atoms with Crippen molar-refractivity contribution in [3.63, 3.8) is 0 Å². The largest absolute Gasteiger partial charge is 0.316 e. The van der Waals surface area contributed by atoms with E-state index in [9.17, 15) is 0 Å². The second-order valence-corrected chi connectivity index (χ2v) is 3.84. The van der Waals surface area contributed by atoms with Crippen molar-refractivity contribution in [2.24, 2.45) is 0 Å². The fourth-order valence-electron chi connectivity index (χ4n) is 1.81. The van der Waals surface area contributed by atoms with Crippen LogP contribution in [0.1, 0.15) is 24.3 Å². The van der Waals surface area contributed by atoms with Crippen molar-refractivity contribution in [1.29, 1.82) is 0 Å². The minimum Gasteiger partial charge on any atom is -0.316 e. The maximum absolute atomic E-state index is 5.83. The van der Waals surface area contributed by atoms with Crippen molar-refractivity contribution in [2.45, 2.75) is 18.8 Å². The van der Waals surface area contributed by atoms with Gasteiger partial charge in [-0.3, -0.25) is 0 Å². The molecule has 1 fully saturated rings. The number of piperidine rings is 1. The molecule has 0 spiro atoms. The summed E-state index contributed by atoms with van der Waals surface area (Å²) in [6.45, 7) is 2.22. The van der Waals surface area contributed by atoms with E-state index in [1.165, 1.54) is 18.4 Å². The lowest BCUT2D eigenvalue weighted by atomic mass is 9.92. The molecular formula is C10H13ClN2. The maximum atomic E-state index is 5.83. The topological polar surface area (TPSA) is 24.9 Å². The number of rotatable bonds is 1. The molecule has 0 radical (unpaired) electrons. The first-order chi connectivity index (χ1) is 6.36. The van der Waals surface area contributed by atoms with Crippen LogP contribution in [0.4, 0.5) is 0 Å². The number of aromatic nitrogens is 1. The number of nitrogens with one attached hydrogen (secondary N) is 1. The molecule has 0 amide bonds. The van der Waals surface area contributed by atoms with Crippen molar-refractivity contribution in [2.75, 3.05) is 13.1 Å². The molecule has 1 aromatic heterocycles. The lowest BCUT2D eigenvalue weighted by Gasteiger charge is -2.22. The SMILES string of the molecule is Clc1cc(C2CCCNC2)ccn1. The van der Waals surface area contributed by atoms with Crippen molar-refractivity contribution >= 4 is 11.6 Å². The normalized spacial score (nSPS) is 23.0. The zero-order chi connectivity index (χ0) is 9.10. The Morgan fingerprint density at radius 3 is 3.15 bits per heavy atom. The molecule has 1 aromatic rings. The smallest absolute Gasteiger partial charge is 0.129 e. The number of hydrogen-bond acceptors (Lipinski definition) is 2. The van der Waals surface area contributed by atoms with E-state index in [0.29, 0.717) is 11.1 Å². The molecule has 13 heavy (non-hydrogen) atoms. The Morgan fingerprint density at radius 1 is 1.54 bits per heavy atom. The maximum Gasteiger partial charge on any atom is 0.129 e. The van der Waals surface area contributed by atoms with Gasteiger partial charge in [0.15, 0.2) is 0 Å². The molecule has 2 nitrogen and oxygen atoms in total. The summed E-state index contributed by atoms with van der Waals surface area (Å²) in [6, 6.07) is 4.03. The number of halogens is 1. The first-order valence-corrected chi connectivity index (χ1v) is 5.06. The van der Waals surface area contributed by atoms with Crippen LogP contribution in [-0.4, -0.2) is 18.1 Å². The van der Waals surface area contributed by atoms with E-state index in [1.807, 2.05) is 6.07 Å². The highest BCUT2D eigenvalue weighted by atomic mass is 35.5. The third-order valence-electron chi connectivity index (χ3n) is 2.52. The molecule has 1 aliphatic rings. The highest BCUT2D eigenvalue weighted by Gasteiger charge is 2.14. The third kappa shape index (κ3) is 2.20. The van der Waals surface area contributed by atoms with Gasteiger partial charge in [0.2, 0.25) is 0 Å². The van der Waals surface area contributed by atoms with Crippen LogP contribution in [0.2, 0.25) is 5.15 Å². The van der Waals surface area contributed by atoms with Gasteiger partial charge in [0, 0.05) is 12.7 Å². The summed E-state index contributed by atoms with van der Waals surface area (Å²) >= 11 is 5.83. The van der Waals surface area contributed by atoms with Gasteiger partial charge < -0.3 is 5.32 Å². The van der Waals surface area contributed by atoms with Crippen LogP contribution in [0.5, 0.6) is 0 Å². The first kappa shape index (κ1) is 8.97. The van der Waals surface area contributed by atoms with Gasteiger partial charge in [-0.2, -0.15) is 0 Å². The monoisotopic (exact) mass is 196 g/mol. The van der Waals surface area contributed by atoms with Crippen LogP contribution in [0.25, 0.3) is 0 Å².